The third kappa shape index (κ3) is 1.85. The fourth-order valence-electron chi connectivity index (χ4n) is 1.50. The van der Waals surface area contributed by atoms with E-state index in [4.69, 9.17) is 11.6 Å². The Kier molecular flexibility index (Phi) is 2.44. The van der Waals surface area contributed by atoms with Gasteiger partial charge in [0.2, 0.25) is 5.91 Å². The molecule has 3 nitrogen and oxygen atoms in total. The molecule has 0 aliphatic carbocycles. The van der Waals surface area contributed by atoms with Crippen molar-refractivity contribution in [2.75, 3.05) is 11.4 Å². The van der Waals surface area contributed by atoms with Gasteiger partial charge >= 0.3 is 0 Å². The highest BCUT2D eigenvalue weighted by Gasteiger charge is 2.29. The number of hydrogen-bond donors (Lipinski definition) is 0. The summed E-state index contributed by atoms with van der Waals surface area (Å²) in [7, 11) is 0. The Bertz CT molecular complexity index is 447. The van der Waals surface area contributed by atoms with Crippen molar-refractivity contribution >= 4 is 29.0 Å². The molecule has 5 heteroatoms. The van der Waals surface area contributed by atoms with E-state index in [0.29, 0.717) is 5.69 Å². The van der Waals surface area contributed by atoms with Crippen molar-refractivity contribution in [1.82, 2.24) is 0 Å². The van der Waals surface area contributed by atoms with E-state index in [-0.39, 0.29) is 29.7 Å². The first-order valence-electron chi connectivity index (χ1n) is 4.35. The Morgan fingerprint density at radius 3 is 2.60 bits per heavy atom. The van der Waals surface area contributed by atoms with Gasteiger partial charge in [-0.1, -0.05) is 11.6 Å². The van der Waals surface area contributed by atoms with E-state index in [0.717, 1.165) is 6.07 Å². The van der Waals surface area contributed by atoms with Gasteiger partial charge in [0.1, 0.15) is 5.82 Å². The SMILES string of the molecule is O=C1CC(=O)N(c2ccc(F)cc2Cl)C1. The van der Waals surface area contributed by atoms with Crippen LogP contribution in [-0.2, 0) is 9.59 Å². The van der Waals surface area contributed by atoms with E-state index in [1.807, 2.05) is 0 Å². The molecule has 0 bridgehead atoms. The summed E-state index contributed by atoms with van der Waals surface area (Å²) >= 11 is 5.78. The number of hydrogen-bond acceptors (Lipinski definition) is 2. The van der Waals surface area contributed by atoms with Crippen molar-refractivity contribution in [3.05, 3.63) is 29.0 Å². The molecule has 1 aliphatic heterocycles. The molecule has 0 spiro atoms. The minimum Gasteiger partial charge on any atom is -0.303 e. The van der Waals surface area contributed by atoms with Gasteiger partial charge in [-0.3, -0.25) is 9.59 Å². The highest BCUT2D eigenvalue weighted by Crippen LogP contribution is 2.28. The second-order valence-electron chi connectivity index (χ2n) is 3.29. The summed E-state index contributed by atoms with van der Waals surface area (Å²) in [6.45, 7) is 0.0180. The van der Waals surface area contributed by atoms with Gasteiger partial charge in [0.25, 0.3) is 0 Å². The van der Waals surface area contributed by atoms with E-state index in [2.05, 4.69) is 0 Å². The highest BCUT2D eigenvalue weighted by molar-refractivity contribution is 6.34. The lowest BCUT2D eigenvalue weighted by atomic mass is 10.3. The lowest BCUT2D eigenvalue weighted by Crippen LogP contribution is -2.24. The molecule has 1 amide bonds. The number of anilines is 1. The van der Waals surface area contributed by atoms with Crippen LogP contribution in [0.15, 0.2) is 18.2 Å². The Labute approximate surface area is 90.4 Å². The fourth-order valence-corrected chi connectivity index (χ4v) is 1.77. The van der Waals surface area contributed by atoms with E-state index < -0.39 is 5.82 Å². The number of nitrogens with zero attached hydrogens (tertiary/aromatic N) is 1. The minimum absolute atomic E-state index is 0.0180. The summed E-state index contributed by atoms with van der Waals surface area (Å²) in [6, 6.07) is 3.72. The molecular weight excluding hydrogens is 221 g/mol. The summed E-state index contributed by atoms with van der Waals surface area (Å²) in [5.41, 5.74) is 0.383. The summed E-state index contributed by atoms with van der Waals surface area (Å²) < 4.78 is 12.8. The Morgan fingerprint density at radius 2 is 2.07 bits per heavy atom. The smallest absolute Gasteiger partial charge is 0.234 e. The lowest BCUT2D eigenvalue weighted by Gasteiger charge is -2.15. The lowest BCUT2D eigenvalue weighted by molar-refractivity contribution is -0.121. The normalized spacial score (nSPS) is 16.3. The molecule has 1 aromatic rings. The summed E-state index contributed by atoms with van der Waals surface area (Å²) in [5.74, 6) is -0.921. The summed E-state index contributed by atoms with van der Waals surface area (Å²) in [6.07, 6.45) is -0.103. The highest BCUT2D eigenvalue weighted by atomic mass is 35.5. The first-order chi connectivity index (χ1) is 7.08. The topological polar surface area (TPSA) is 37.4 Å². The maximum absolute atomic E-state index is 12.8. The maximum Gasteiger partial charge on any atom is 0.234 e. The van der Waals surface area contributed by atoms with Gasteiger partial charge in [0.15, 0.2) is 5.78 Å². The van der Waals surface area contributed by atoms with E-state index in [9.17, 15) is 14.0 Å². The number of carbonyl (C=O) groups excluding carboxylic acids is 2. The first kappa shape index (κ1) is 10.1. The van der Waals surface area contributed by atoms with Gasteiger partial charge in [0, 0.05) is 0 Å². The van der Waals surface area contributed by atoms with Crippen molar-refractivity contribution in [3.8, 4) is 0 Å². The zero-order valence-corrected chi connectivity index (χ0v) is 8.42. The van der Waals surface area contributed by atoms with Crippen LogP contribution in [-0.4, -0.2) is 18.2 Å². The van der Waals surface area contributed by atoms with Gasteiger partial charge in [-0.05, 0) is 18.2 Å². The van der Waals surface area contributed by atoms with E-state index in [1.54, 1.807) is 0 Å². The minimum atomic E-state index is -0.471. The molecule has 0 saturated carbocycles. The Hall–Kier alpha value is -1.42. The predicted octanol–water partition coefficient (Wildman–Crippen LogP) is 1.78. The van der Waals surface area contributed by atoms with Crippen LogP contribution in [0.25, 0.3) is 0 Å². The molecule has 0 unspecified atom stereocenters. The van der Waals surface area contributed by atoms with Crippen LogP contribution in [0.3, 0.4) is 0 Å². The van der Waals surface area contributed by atoms with Gasteiger partial charge in [0.05, 0.1) is 23.7 Å². The van der Waals surface area contributed by atoms with Gasteiger partial charge in [-0.25, -0.2) is 4.39 Å². The zero-order chi connectivity index (χ0) is 11.0. The average molecular weight is 228 g/mol. The third-order valence-corrected chi connectivity index (χ3v) is 2.49. The van der Waals surface area contributed by atoms with Crippen LogP contribution < -0.4 is 4.90 Å². The largest absolute Gasteiger partial charge is 0.303 e. The van der Waals surface area contributed by atoms with Crippen LogP contribution in [0.4, 0.5) is 10.1 Å². The molecular formula is C10H7ClFNO2. The van der Waals surface area contributed by atoms with Crippen molar-refractivity contribution in [2.24, 2.45) is 0 Å². The predicted molar refractivity (Wildman–Crippen MR) is 53.4 cm³/mol. The molecule has 2 rings (SSSR count). The maximum atomic E-state index is 12.8. The monoisotopic (exact) mass is 227 g/mol. The molecule has 1 aliphatic rings. The van der Waals surface area contributed by atoms with Crippen molar-refractivity contribution in [2.45, 2.75) is 6.42 Å². The summed E-state index contributed by atoms with van der Waals surface area (Å²) in [4.78, 5) is 23.7. The molecule has 1 aromatic carbocycles. The number of amides is 1. The van der Waals surface area contributed by atoms with Gasteiger partial charge < -0.3 is 4.90 Å². The first-order valence-corrected chi connectivity index (χ1v) is 4.73. The fraction of sp³-hybridized carbons (Fsp3) is 0.200. The quantitative estimate of drug-likeness (QED) is 0.686. The average Bonchev–Trinajstić information content (AvgIpc) is 2.45. The van der Waals surface area contributed by atoms with Crippen LogP contribution in [0.1, 0.15) is 6.42 Å². The zero-order valence-electron chi connectivity index (χ0n) is 7.67. The molecule has 1 heterocycles. The van der Waals surface area contributed by atoms with Crippen LogP contribution >= 0.6 is 11.6 Å². The van der Waals surface area contributed by atoms with Crippen LogP contribution in [0.2, 0.25) is 5.02 Å². The third-order valence-electron chi connectivity index (χ3n) is 2.18. The number of carbonyl (C=O) groups is 2. The van der Waals surface area contributed by atoms with Gasteiger partial charge in [-0.15, -0.1) is 0 Å². The number of Topliss-reactive ketones (excluding diaryl/α,β-unsaturated/α-hetero) is 1. The van der Waals surface area contributed by atoms with E-state index >= 15 is 0 Å². The number of benzene rings is 1. The summed E-state index contributed by atoms with van der Waals surface area (Å²) in [5, 5.41) is 0.137. The number of halogens is 2. The van der Waals surface area contributed by atoms with Crippen LogP contribution in [0, 0.1) is 5.82 Å². The Balaban J connectivity index is 2.38. The number of ketones is 1. The van der Waals surface area contributed by atoms with Crippen molar-refractivity contribution in [1.29, 1.82) is 0 Å². The standard InChI is InChI=1S/C10H7ClFNO2/c11-8-3-6(12)1-2-9(8)13-5-7(14)4-10(13)15/h1-3H,4-5H2. The van der Waals surface area contributed by atoms with Crippen molar-refractivity contribution < 1.29 is 14.0 Å². The molecule has 15 heavy (non-hydrogen) atoms. The van der Waals surface area contributed by atoms with Crippen molar-refractivity contribution in [3.63, 3.8) is 0 Å². The molecule has 0 atom stereocenters. The molecule has 78 valence electrons. The Morgan fingerprint density at radius 1 is 1.33 bits per heavy atom. The second-order valence-corrected chi connectivity index (χ2v) is 3.70. The molecule has 1 fully saturated rings. The molecule has 0 aromatic heterocycles. The molecule has 0 N–H and O–H groups in total. The van der Waals surface area contributed by atoms with Gasteiger partial charge in [-0.2, -0.15) is 0 Å². The molecule has 1 saturated heterocycles. The second kappa shape index (κ2) is 3.62. The van der Waals surface area contributed by atoms with E-state index in [1.165, 1.54) is 17.0 Å². The number of rotatable bonds is 1. The van der Waals surface area contributed by atoms with Crippen LogP contribution in [0.5, 0.6) is 0 Å². The molecule has 0 radical (unpaired) electrons.